The summed E-state index contributed by atoms with van der Waals surface area (Å²) in [6.45, 7) is 0. The van der Waals surface area contributed by atoms with E-state index in [2.05, 4.69) is 0 Å². The van der Waals surface area contributed by atoms with Gasteiger partial charge < -0.3 is 9.15 Å². The predicted octanol–water partition coefficient (Wildman–Crippen LogP) is 5.26. The van der Waals surface area contributed by atoms with E-state index >= 15 is 0 Å². The molecule has 0 spiro atoms. The SMILES string of the molecule is COc1ccc(S(=O)(=O)N(C(=O)c2ccc([N+](=O)[O-])cc2)c2ccc3oc4c(c3c2)CCCC4)cc1. The molecule has 0 N–H and O–H groups in total. The lowest BCUT2D eigenvalue weighted by molar-refractivity contribution is -0.384. The third-order valence-electron chi connectivity index (χ3n) is 6.28. The predicted molar refractivity (Wildman–Crippen MR) is 133 cm³/mol. The number of nitro benzene ring substituents is 1. The summed E-state index contributed by atoms with van der Waals surface area (Å²) in [6.07, 6.45) is 3.65. The number of hydrogen-bond donors (Lipinski definition) is 0. The number of nitro groups is 1. The van der Waals surface area contributed by atoms with E-state index in [1.807, 2.05) is 0 Å². The van der Waals surface area contributed by atoms with Crippen molar-refractivity contribution < 1.29 is 27.3 Å². The van der Waals surface area contributed by atoms with Crippen molar-refractivity contribution in [2.24, 2.45) is 0 Å². The topological polar surface area (TPSA) is 120 Å². The van der Waals surface area contributed by atoms with Gasteiger partial charge in [-0.15, -0.1) is 0 Å². The summed E-state index contributed by atoms with van der Waals surface area (Å²) < 4.78 is 39.5. The molecule has 0 atom stereocenters. The van der Waals surface area contributed by atoms with Gasteiger partial charge in [-0.25, -0.2) is 8.42 Å². The quantitative estimate of drug-likeness (QED) is 0.258. The van der Waals surface area contributed by atoms with Gasteiger partial charge in [0.05, 0.1) is 22.6 Å². The van der Waals surface area contributed by atoms with Gasteiger partial charge in [-0.2, -0.15) is 4.31 Å². The van der Waals surface area contributed by atoms with Gasteiger partial charge in [0.15, 0.2) is 0 Å². The minimum absolute atomic E-state index is 0.00740. The molecule has 0 fully saturated rings. The van der Waals surface area contributed by atoms with Gasteiger partial charge >= 0.3 is 0 Å². The van der Waals surface area contributed by atoms with Crippen LogP contribution < -0.4 is 9.04 Å². The first-order valence-electron chi connectivity index (χ1n) is 11.3. The third kappa shape index (κ3) is 4.09. The van der Waals surface area contributed by atoms with Crippen LogP contribution in [-0.4, -0.2) is 26.4 Å². The lowest BCUT2D eigenvalue weighted by Crippen LogP contribution is -2.37. The number of carbonyl (C=O) groups is 1. The van der Waals surface area contributed by atoms with Gasteiger partial charge in [0.1, 0.15) is 17.1 Å². The smallest absolute Gasteiger partial charge is 0.272 e. The summed E-state index contributed by atoms with van der Waals surface area (Å²) in [7, 11) is -2.90. The molecule has 36 heavy (non-hydrogen) atoms. The van der Waals surface area contributed by atoms with E-state index in [1.165, 1.54) is 61.7 Å². The van der Waals surface area contributed by atoms with Gasteiger partial charge in [0.25, 0.3) is 21.6 Å². The minimum atomic E-state index is -4.36. The van der Waals surface area contributed by atoms with Crippen LogP contribution in [0.2, 0.25) is 0 Å². The molecule has 9 nitrogen and oxygen atoms in total. The van der Waals surface area contributed by atoms with E-state index in [9.17, 15) is 23.3 Å². The minimum Gasteiger partial charge on any atom is -0.497 e. The van der Waals surface area contributed by atoms with Gasteiger partial charge in [-0.1, -0.05) is 0 Å². The van der Waals surface area contributed by atoms with Crippen LogP contribution >= 0.6 is 0 Å². The van der Waals surface area contributed by atoms with Crippen molar-refractivity contribution in [3.63, 3.8) is 0 Å². The highest BCUT2D eigenvalue weighted by Gasteiger charge is 2.33. The Morgan fingerprint density at radius 1 is 1.00 bits per heavy atom. The number of non-ortho nitro benzene ring substituents is 1. The highest BCUT2D eigenvalue weighted by molar-refractivity contribution is 7.93. The fraction of sp³-hybridized carbons (Fsp3) is 0.192. The number of nitrogens with zero attached hydrogens (tertiary/aromatic N) is 2. The van der Waals surface area contributed by atoms with Crippen molar-refractivity contribution in [3.8, 4) is 5.75 Å². The van der Waals surface area contributed by atoms with E-state index in [4.69, 9.17) is 9.15 Å². The van der Waals surface area contributed by atoms with Crippen LogP contribution in [-0.2, 0) is 22.9 Å². The van der Waals surface area contributed by atoms with Crippen LogP contribution in [0, 0.1) is 10.1 Å². The Hall–Kier alpha value is -4.18. The average molecular weight is 507 g/mol. The molecule has 0 bridgehead atoms. The Kier molecular flexibility index (Phi) is 5.97. The monoisotopic (exact) mass is 506 g/mol. The Morgan fingerprint density at radius 2 is 1.69 bits per heavy atom. The van der Waals surface area contributed by atoms with Crippen molar-refractivity contribution in [3.05, 3.63) is 93.7 Å². The highest BCUT2D eigenvalue weighted by atomic mass is 32.2. The van der Waals surface area contributed by atoms with Crippen LogP contribution in [0.5, 0.6) is 5.75 Å². The fourth-order valence-corrected chi connectivity index (χ4v) is 5.84. The highest BCUT2D eigenvalue weighted by Crippen LogP contribution is 2.36. The molecule has 0 saturated heterocycles. The summed E-state index contributed by atoms with van der Waals surface area (Å²) in [5.41, 5.74) is 1.60. The molecule has 1 heterocycles. The van der Waals surface area contributed by atoms with Crippen molar-refractivity contribution in [2.75, 3.05) is 11.4 Å². The summed E-state index contributed by atoms with van der Waals surface area (Å²) in [4.78, 5) is 24.0. The number of sulfonamides is 1. The second-order valence-corrected chi connectivity index (χ2v) is 10.2. The maximum atomic E-state index is 13.8. The molecule has 1 aliphatic rings. The summed E-state index contributed by atoms with van der Waals surface area (Å²) >= 11 is 0. The number of benzene rings is 3. The Labute approximate surface area is 207 Å². The largest absolute Gasteiger partial charge is 0.497 e. The normalized spacial score (nSPS) is 13.2. The number of aryl methyl sites for hydroxylation is 2. The Morgan fingerprint density at radius 3 is 2.36 bits per heavy atom. The van der Waals surface area contributed by atoms with Crippen molar-refractivity contribution in [2.45, 2.75) is 30.6 Å². The molecule has 1 aromatic heterocycles. The van der Waals surface area contributed by atoms with Gasteiger partial charge in [0.2, 0.25) is 0 Å². The molecule has 10 heteroatoms. The van der Waals surface area contributed by atoms with Crippen molar-refractivity contribution in [1.29, 1.82) is 0 Å². The first kappa shape index (κ1) is 23.6. The van der Waals surface area contributed by atoms with Crippen LogP contribution in [0.25, 0.3) is 11.0 Å². The standard InChI is InChI=1S/C26H22N2O7S/c1-34-20-11-13-21(14-12-20)36(32,33)27(26(29)17-6-8-18(9-7-17)28(30)31)19-10-15-25-23(16-19)22-4-2-3-5-24(22)35-25/h6-16H,2-5H2,1H3. The lowest BCUT2D eigenvalue weighted by Gasteiger charge is -2.23. The number of methoxy groups -OCH3 is 1. The zero-order valence-electron chi connectivity index (χ0n) is 19.3. The number of ether oxygens (including phenoxy) is 1. The number of amides is 1. The molecule has 0 aliphatic heterocycles. The van der Waals surface area contributed by atoms with Crippen LogP contribution in [0.4, 0.5) is 11.4 Å². The number of rotatable bonds is 6. The van der Waals surface area contributed by atoms with E-state index < -0.39 is 20.9 Å². The van der Waals surface area contributed by atoms with Crippen LogP contribution in [0.3, 0.4) is 0 Å². The molecular formula is C26H22N2O7S. The maximum Gasteiger partial charge on any atom is 0.272 e. The number of hydrogen-bond acceptors (Lipinski definition) is 7. The van der Waals surface area contributed by atoms with Crippen LogP contribution in [0.15, 0.2) is 76.0 Å². The van der Waals surface area contributed by atoms with Gasteiger partial charge in [0, 0.05) is 35.1 Å². The lowest BCUT2D eigenvalue weighted by atomic mass is 9.96. The van der Waals surface area contributed by atoms with Gasteiger partial charge in [-0.05, 0) is 73.9 Å². The molecule has 0 unspecified atom stereocenters. The first-order chi connectivity index (χ1) is 17.3. The molecule has 0 saturated carbocycles. The van der Waals surface area contributed by atoms with Crippen LogP contribution in [0.1, 0.15) is 34.5 Å². The number of carbonyl (C=O) groups excluding carboxylic acids is 1. The summed E-state index contributed by atoms with van der Waals surface area (Å²) in [5.74, 6) is 0.519. The zero-order chi connectivity index (χ0) is 25.4. The molecule has 0 radical (unpaired) electrons. The van der Waals surface area contributed by atoms with E-state index in [0.29, 0.717) is 11.3 Å². The average Bonchev–Trinajstić information content (AvgIpc) is 3.27. The van der Waals surface area contributed by atoms with E-state index in [1.54, 1.807) is 12.1 Å². The molecule has 5 rings (SSSR count). The summed E-state index contributed by atoms with van der Waals surface area (Å²) in [5, 5.41) is 11.8. The van der Waals surface area contributed by atoms with E-state index in [-0.39, 0.29) is 21.8 Å². The van der Waals surface area contributed by atoms with E-state index in [0.717, 1.165) is 46.7 Å². The van der Waals surface area contributed by atoms with Crippen molar-refractivity contribution >= 4 is 38.3 Å². The van der Waals surface area contributed by atoms with Gasteiger partial charge in [-0.3, -0.25) is 14.9 Å². The fourth-order valence-electron chi connectivity index (χ4n) is 4.44. The first-order valence-corrected chi connectivity index (χ1v) is 12.8. The van der Waals surface area contributed by atoms with Crippen molar-refractivity contribution in [1.82, 2.24) is 0 Å². The zero-order valence-corrected chi connectivity index (χ0v) is 20.2. The Balaban J connectivity index is 1.66. The maximum absolute atomic E-state index is 13.8. The number of anilines is 1. The second kappa shape index (κ2) is 9.12. The molecule has 3 aromatic carbocycles. The molecule has 4 aromatic rings. The Bertz CT molecular complexity index is 1570. The molecule has 184 valence electrons. The number of fused-ring (bicyclic) bond motifs is 3. The summed E-state index contributed by atoms with van der Waals surface area (Å²) in [6, 6.07) is 15.4. The molecule has 1 amide bonds. The second-order valence-electron chi connectivity index (χ2n) is 8.45. The molecular weight excluding hydrogens is 484 g/mol. The number of furan rings is 1. The molecule has 1 aliphatic carbocycles. The third-order valence-corrected chi connectivity index (χ3v) is 8.01.